The fraction of sp³-hybridized carbons (Fsp3) is 0.300. The molecule has 1 aromatic carbocycles. The Morgan fingerprint density at radius 2 is 1.96 bits per heavy atom. The highest BCUT2D eigenvalue weighted by molar-refractivity contribution is 7.23. The second-order valence-electron chi connectivity index (χ2n) is 6.83. The van der Waals surface area contributed by atoms with Gasteiger partial charge in [-0.15, -0.1) is 0 Å². The molecule has 0 radical (unpaired) electrons. The number of para-hydroxylation sites is 1. The Kier molecular flexibility index (Phi) is 4.06. The average Bonchev–Trinajstić information content (AvgIpc) is 3.20. The van der Waals surface area contributed by atoms with Gasteiger partial charge in [0.2, 0.25) is 0 Å². The van der Waals surface area contributed by atoms with E-state index in [-0.39, 0.29) is 0 Å². The highest BCUT2D eigenvalue weighted by atomic mass is 35.5. The molecule has 0 bridgehead atoms. The topological polar surface area (TPSA) is 42.2 Å². The van der Waals surface area contributed by atoms with Crippen molar-refractivity contribution in [1.29, 1.82) is 0 Å². The summed E-state index contributed by atoms with van der Waals surface area (Å²) < 4.78 is 3.50. The number of rotatable bonds is 3. The Labute approximate surface area is 160 Å². The van der Waals surface area contributed by atoms with Crippen LogP contribution < -0.4 is 5.32 Å². The molecular weight excluding hydrogens is 364 g/mol. The number of thiazole rings is 1. The van der Waals surface area contributed by atoms with Gasteiger partial charge in [-0.1, -0.05) is 54.3 Å². The van der Waals surface area contributed by atoms with Gasteiger partial charge in [0.15, 0.2) is 4.96 Å². The van der Waals surface area contributed by atoms with Gasteiger partial charge < -0.3 is 5.32 Å². The molecule has 3 aromatic heterocycles. The molecule has 3 heterocycles. The van der Waals surface area contributed by atoms with Crippen molar-refractivity contribution in [3.05, 3.63) is 47.7 Å². The number of fused-ring (bicyclic) bond motifs is 3. The van der Waals surface area contributed by atoms with Crippen molar-refractivity contribution >= 4 is 43.9 Å². The third-order valence-corrected chi connectivity index (χ3v) is 6.45. The molecule has 1 aliphatic rings. The summed E-state index contributed by atoms with van der Waals surface area (Å²) in [4.78, 5) is 10.1. The van der Waals surface area contributed by atoms with Gasteiger partial charge >= 0.3 is 0 Å². The van der Waals surface area contributed by atoms with Crippen LogP contribution in [0.1, 0.15) is 32.1 Å². The predicted molar refractivity (Wildman–Crippen MR) is 109 cm³/mol. The van der Waals surface area contributed by atoms with Crippen molar-refractivity contribution in [2.24, 2.45) is 0 Å². The number of hydrogen-bond donors (Lipinski definition) is 1. The van der Waals surface area contributed by atoms with Crippen LogP contribution in [0.15, 0.2) is 42.7 Å². The number of hydrogen-bond acceptors (Lipinski definition) is 4. The maximum atomic E-state index is 6.45. The van der Waals surface area contributed by atoms with Gasteiger partial charge in [0.25, 0.3) is 0 Å². The van der Waals surface area contributed by atoms with Crippen LogP contribution in [0.3, 0.4) is 0 Å². The Morgan fingerprint density at radius 1 is 1.12 bits per heavy atom. The van der Waals surface area contributed by atoms with Crippen LogP contribution in [0, 0.1) is 0 Å². The molecular formula is C20H19ClN4S. The van der Waals surface area contributed by atoms with Gasteiger partial charge in [-0.2, -0.15) is 0 Å². The zero-order valence-electron chi connectivity index (χ0n) is 14.3. The van der Waals surface area contributed by atoms with E-state index in [1.165, 1.54) is 42.3 Å². The van der Waals surface area contributed by atoms with E-state index in [4.69, 9.17) is 16.6 Å². The number of aromatic nitrogens is 3. The van der Waals surface area contributed by atoms with Crippen LogP contribution in [-0.4, -0.2) is 20.4 Å². The number of pyridine rings is 1. The summed E-state index contributed by atoms with van der Waals surface area (Å²) in [5.41, 5.74) is 3.04. The quantitative estimate of drug-likeness (QED) is 0.471. The lowest BCUT2D eigenvalue weighted by atomic mass is 9.95. The largest absolute Gasteiger partial charge is 0.367 e. The summed E-state index contributed by atoms with van der Waals surface area (Å²) in [6.45, 7) is 0. The molecule has 4 nitrogen and oxygen atoms in total. The number of anilines is 1. The van der Waals surface area contributed by atoms with Gasteiger partial charge in [0.05, 0.1) is 15.2 Å². The van der Waals surface area contributed by atoms with E-state index in [1.807, 2.05) is 6.07 Å². The third-order valence-electron chi connectivity index (χ3n) is 5.13. The van der Waals surface area contributed by atoms with Gasteiger partial charge in [0, 0.05) is 24.0 Å². The standard InChI is InChI=1S/C20H19ClN4S/c21-15-12-22-11-10-14(15)18-19(23-13-6-2-1-3-7-13)25-16-8-4-5-9-17(16)26-20(25)24-18/h4-5,8-13,23H,1-3,6-7H2. The van der Waals surface area contributed by atoms with Crippen LogP contribution in [0.25, 0.3) is 26.4 Å². The Bertz CT molecular complexity index is 1080. The van der Waals surface area contributed by atoms with Crippen LogP contribution in [0.5, 0.6) is 0 Å². The predicted octanol–water partition coefficient (Wildman–Crippen LogP) is 6.01. The molecule has 0 unspecified atom stereocenters. The lowest BCUT2D eigenvalue weighted by molar-refractivity contribution is 0.462. The summed E-state index contributed by atoms with van der Waals surface area (Å²) in [6, 6.07) is 10.9. The number of nitrogens with one attached hydrogen (secondary N) is 1. The Balaban J connectivity index is 1.73. The molecule has 6 heteroatoms. The van der Waals surface area contributed by atoms with E-state index in [0.717, 1.165) is 22.0 Å². The SMILES string of the molecule is Clc1cnccc1-c1nc2sc3ccccc3n2c1NC1CCCCC1. The number of halogens is 1. The third kappa shape index (κ3) is 2.66. The number of imidazole rings is 1. The molecule has 5 rings (SSSR count). The smallest absolute Gasteiger partial charge is 0.197 e. The van der Waals surface area contributed by atoms with Crippen molar-refractivity contribution in [2.75, 3.05) is 5.32 Å². The summed E-state index contributed by atoms with van der Waals surface area (Å²) in [5, 5.41) is 4.44. The average molecular weight is 383 g/mol. The molecule has 0 amide bonds. The van der Waals surface area contributed by atoms with E-state index < -0.39 is 0 Å². The minimum Gasteiger partial charge on any atom is -0.367 e. The first-order valence-electron chi connectivity index (χ1n) is 9.07. The zero-order valence-corrected chi connectivity index (χ0v) is 15.9. The van der Waals surface area contributed by atoms with Gasteiger partial charge in [-0.3, -0.25) is 9.38 Å². The highest BCUT2D eigenvalue weighted by Crippen LogP contribution is 2.39. The normalized spacial score (nSPS) is 15.7. The first kappa shape index (κ1) is 16.1. The minimum absolute atomic E-state index is 0.488. The van der Waals surface area contributed by atoms with Crippen LogP contribution in [0.4, 0.5) is 5.82 Å². The van der Waals surface area contributed by atoms with Crippen LogP contribution >= 0.6 is 22.9 Å². The second-order valence-corrected chi connectivity index (χ2v) is 8.25. The lowest BCUT2D eigenvalue weighted by Crippen LogP contribution is -2.23. The molecule has 1 saturated carbocycles. The van der Waals surface area contributed by atoms with E-state index in [2.05, 4.69) is 39.0 Å². The number of benzene rings is 1. The molecule has 0 aliphatic heterocycles. The van der Waals surface area contributed by atoms with Crippen molar-refractivity contribution in [2.45, 2.75) is 38.1 Å². The molecule has 0 saturated heterocycles. The maximum absolute atomic E-state index is 6.45. The molecule has 0 spiro atoms. The van der Waals surface area contributed by atoms with Crippen molar-refractivity contribution in [1.82, 2.24) is 14.4 Å². The van der Waals surface area contributed by atoms with E-state index >= 15 is 0 Å². The first-order chi connectivity index (χ1) is 12.8. The van der Waals surface area contributed by atoms with Crippen LogP contribution in [-0.2, 0) is 0 Å². The summed E-state index contributed by atoms with van der Waals surface area (Å²) in [6.07, 6.45) is 9.79. The maximum Gasteiger partial charge on any atom is 0.197 e. The summed E-state index contributed by atoms with van der Waals surface area (Å²) in [7, 11) is 0. The summed E-state index contributed by atoms with van der Waals surface area (Å²) >= 11 is 8.16. The lowest BCUT2D eigenvalue weighted by Gasteiger charge is -2.24. The van der Waals surface area contributed by atoms with E-state index in [9.17, 15) is 0 Å². The van der Waals surface area contributed by atoms with Crippen molar-refractivity contribution < 1.29 is 0 Å². The van der Waals surface area contributed by atoms with E-state index in [0.29, 0.717) is 11.1 Å². The molecule has 1 N–H and O–H groups in total. The Hall–Kier alpha value is -2.11. The fourth-order valence-corrected chi connectivity index (χ4v) is 5.08. The van der Waals surface area contributed by atoms with Gasteiger partial charge in [-0.05, 0) is 31.0 Å². The van der Waals surface area contributed by atoms with Gasteiger partial charge in [-0.25, -0.2) is 4.98 Å². The first-order valence-corrected chi connectivity index (χ1v) is 10.3. The van der Waals surface area contributed by atoms with Crippen LogP contribution in [0.2, 0.25) is 5.02 Å². The van der Waals surface area contributed by atoms with Crippen molar-refractivity contribution in [3.63, 3.8) is 0 Å². The zero-order chi connectivity index (χ0) is 17.5. The molecule has 1 aliphatic carbocycles. The summed E-state index contributed by atoms with van der Waals surface area (Å²) in [5.74, 6) is 1.05. The number of nitrogens with zero attached hydrogens (tertiary/aromatic N) is 3. The van der Waals surface area contributed by atoms with E-state index in [1.54, 1.807) is 23.7 Å². The minimum atomic E-state index is 0.488. The monoisotopic (exact) mass is 382 g/mol. The van der Waals surface area contributed by atoms with Gasteiger partial charge in [0.1, 0.15) is 11.5 Å². The van der Waals surface area contributed by atoms with Crippen molar-refractivity contribution in [3.8, 4) is 11.3 Å². The highest BCUT2D eigenvalue weighted by Gasteiger charge is 2.23. The molecule has 0 atom stereocenters. The Morgan fingerprint density at radius 3 is 2.81 bits per heavy atom. The molecule has 26 heavy (non-hydrogen) atoms. The fourth-order valence-electron chi connectivity index (χ4n) is 3.85. The molecule has 132 valence electrons. The molecule has 4 aromatic rings. The molecule has 1 fully saturated rings. The second kappa shape index (κ2) is 6.56.